The van der Waals surface area contributed by atoms with E-state index in [0.717, 1.165) is 10.2 Å². The molecule has 22 heavy (non-hydrogen) atoms. The Bertz CT molecular complexity index is 899. The fourth-order valence-corrected chi connectivity index (χ4v) is 3.29. The van der Waals surface area contributed by atoms with E-state index in [4.69, 9.17) is 0 Å². The first-order valence-corrected chi connectivity index (χ1v) is 7.54. The third-order valence-corrected chi connectivity index (χ3v) is 4.49. The molecule has 0 fully saturated rings. The molecule has 0 bridgehead atoms. The molecule has 6 heteroatoms. The zero-order chi connectivity index (χ0) is 15.1. The monoisotopic (exact) mass is 311 g/mol. The number of para-hydroxylation sites is 1. The lowest BCUT2D eigenvalue weighted by Crippen LogP contribution is -2.10. The number of thiazole rings is 1. The van der Waals surface area contributed by atoms with Gasteiger partial charge in [-0.3, -0.25) is 10.2 Å². The van der Waals surface area contributed by atoms with Crippen LogP contribution in [-0.2, 0) is 6.42 Å². The van der Waals surface area contributed by atoms with Crippen LogP contribution in [0.3, 0.4) is 0 Å². The maximum Gasteiger partial charge on any atom is 0.209 e. The average molecular weight is 311 g/mol. The van der Waals surface area contributed by atoms with Gasteiger partial charge in [-0.15, -0.1) is 0 Å². The molecule has 1 N–H and O–H groups in total. The number of aromatic nitrogens is 1. The number of hydrogen-bond donors (Lipinski definition) is 1. The van der Waals surface area contributed by atoms with Crippen molar-refractivity contribution >= 4 is 38.2 Å². The molecule has 1 aliphatic rings. The molecule has 0 aliphatic heterocycles. The van der Waals surface area contributed by atoms with E-state index in [9.17, 15) is 9.18 Å². The van der Waals surface area contributed by atoms with Crippen molar-refractivity contribution in [2.24, 2.45) is 5.10 Å². The Hall–Kier alpha value is -2.60. The molecule has 0 unspecified atom stereocenters. The van der Waals surface area contributed by atoms with E-state index in [1.165, 1.54) is 23.5 Å². The molecule has 0 saturated heterocycles. The van der Waals surface area contributed by atoms with Crippen molar-refractivity contribution < 1.29 is 9.18 Å². The molecule has 0 saturated carbocycles. The van der Waals surface area contributed by atoms with E-state index in [0.29, 0.717) is 22.0 Å². The summed E-state index contributed by atoms with van der Waals surface area (Å²) < 4.78 is 14.7. The number of halogens is 1. The zero-order valence-corrected chi connectivity index (χ0v) is 12.2. The van der Waals surface area contributed by atoms with Crippen molar-refractivity contribution in [1.29, 1.82) is 0 Å². The van der Waals surface area contributed by atoms with Crippen LogP contribution in [0.15, 0.2) is 47.6 Å². The summed E-state index contributed by atoms with van der Waals surface area (Å²) in [6.45, 7) is 0. The number of fused-ring (bicyclic) bond motifs is 2. The van der Waals surface area contributed by atoms with Gasteiger partial charge in [0, 0.05) is 17.5 Å². The van der Waals surface area contributed by atoms with Crippen LogP contribution in [0.2, 0.25) is 0 Å². The van der Waals surface area contributed by atoms with Crippen LogP contribution in [0, 0.1) is 5.82 Å². The fourth-order valence-electron chi connectivity index (χ4n) is 2.48. The van der Waals surface area contributed by atoms with Crippen LogP contribution < -0.4 is 5.43 Å². The SMILES string of the molecule is O=C1/C(=N\Nc2nc3ccccc3s2)Cc2c(F)cccc21. The standard InChI is InChI=1S/C16H10FN3OS/c17-11-5-3-4-9-10(11)8-13(15(9)21)19-20-16-18-12-6-1-2-7-14(12)22-16/h1-7H,8H2,(H,18,20)/b19-13-. The number of nitrogens with one attached hydrogen (secondary N) is 1. The Morgan fingerprint density at radius 2 is 2.05 bits per heavy atom. The topological polar surface area (TPSA) is 54.4 Å². The van der Waals surface area contributed by atoms with E-state index in [1.54, 1.807) is 6.07 Å². The van der Waals surface area contributed by atoms with Crippen LogP contribution in [0.4, 0.5) is 9.52 Å². The van der Waals surface area contributed by atoms with Gasteiger partial charge in [0.2, 0.25) is 10.9 Å². The van der Waals surface area contributed by atoms with Crippen LogP contribution in [0.5, 0.6) is 0 Å². The maximum atomic E-state index is 13.7. The van der Waals surface area contributed by atoms with Gasteiger partial charge in [0.05, 0.1) is 10.2 Å². The zero-order valence-electron chi connectivity index (χ0n) is 11.3. The second-order valence-corrected chi connectivity index (χ2v) is 5.96. The fraction of sp³-hybridized carbons (Fsp3) is 0.0625. The number of benzene rings is 2. The van der Waals surface area contributed by atoms with Crippen LogP contribution in [0.25, 0.3) is 10.2 Å². The van der Waals surface area contributed by atoms with E-state index < -0.39 is 0 Å². The number of carbonyl (C=O) groups is 1. The summed E-state index contributed by atoms with van der Waals surface area (Å²) in [4.78, 5) is 16.6. The van der Waals surface area contributed by atoms with Gasteiger partial charge in [-0.1, -0.05) is 35.6 Å². The van der Waals surface area contributed by atoms with Crippen LogP contribution >= 0.6 is 11.3 Å². The summed E-state index contributed by atoms with van der Waals surface area (Å²) in [6, 6.07) is 12.3. The summed E-state index contributed by atoms with van der Waals surface area (Å²) in [5.41, 5.74) is 4.80. The number of hydrogen-bond acceptors (Lipinski definition) is 5. The van der Waals surface area contributed by atoms with Gasteiger partial charge in [0.25, 0.3) is 0 Å². The lowest BCUT2D eigenvalue weighted by atomic mass is 10.1. The number of Topliss-reactive ketones (excluding diaryl/α,β-unsaturated/α-hetero) is 1. The normalized spacial score (nSPS) is 15.5. The first-order chi connectivity index (χ1) is 10.7. The van der Waals surface area contributed by atoms with Crippen molar-refractivity contribution in [3.8, 4) is 0 Å². The molecule has 0 spiro atoms. The molecule has 3 aromatic rings. The lowest BCUT2D eigenvalue weighted by molar-refractivity contribution is 0.106. The minimum atomic E-state index is -0.365. The molecule has 1 heterocycles. The number of ketones is 1. The molecule has 1 aromatic heterocycles. The Kier molecular flexibility index (Phi) is 2.97. The van der Waals surface area contributed by atoms with E-state index in [-0.39, 0.29) is 18.0 Å². The Morgan fingerprint density at radius 1 is 1.18 bits per heavy atom. The smallest absolute Gasteiger partial charge is 0.209 e. The highest BCUT2D eigenvalue weighted by atomic mass is 32.1. The van der Waals surface area contributed by atoms with E-state index in [1.807, 2.05) is 24.3 Å². The first-order valence-electron chi connectivity index (χ1n) is 6.72. The molecule has 0 atom stereocenters. The van der Waals surface area contributed by atoms with Gasteiger partial charge in [0.1, 0.15) is 11.5 Å². The Balaban J connectivity index is 1.62. The van der Waals surface area contributed by atoms with Gasteiger partial charge in [-0.05, 0) is 18.2 Å². The number of rotatable bonds is 2. The molecule has 0 amide bonds. The molecule has 108 valence electrons. The summed E-state index contributed by atoms with van der Waals surface area (Å²) >= 11 is 1.45. The largest absolute Gasteiger partial charge is 0.287 e. The molecule has 4 rings (SSSR count). The predicted octanol–water partition coefficient (Wildman–Crippen LogP) is 3.64. The van der Waals surface area contributed by atoms with Crippen molar-refractivity contribution in [2.75, 3.05) is 5.43 Å². The summed E-state index contributed by atoms with van der Waals surface area (Å²) in [7, 11) is 0. The minimum Gasteiger partial charge on any atom is -0.287 e. The van der Waals surface area contributed by atoms with Crippen molar-refractivity contribution in [3.63, 3.8) is 0 Å². The van der Waals surface area contributed by atoms with Gasteiger partial charge in [0.15, 0.2) is 0 Å². The van der Waals surface area contributed by atoms with Gasteiger partial charge >= 0.3 is 0 Å². The third kappa shape index (κ3) is 2.08. The second kappa shape index (κ2) is 4.99. The number of nitrogens with zero attached hydrogens (tertiary/aromatic N) is 2. The predicted molar refractivity (Wildman–Crippen MR) is 85.1 cm³/mol. The number of anilines is 1. The molecule has 0 radical (unpaired) electrons. The summed E-state index contributed by atoms with van der Waals surface area (Å²) in [5, 5.41) is 4.73. The van der Waals surface area contributed by atoms with Gasteiger partial charge < -0.3 is 0 Å². The van der Waals surface area contributed by atoms with E-state index >= 15 is 0 Å². The summed E-state index contributed by atoms with van der Waals surface area (Å²) in [6.07, 6.45) is 0.207. The number of hydrazone groups is 1. The van der Waals surface area contributed by atoms with Crippen molar-refractivity contribution in [2.45, 2.75) is 6.42 Å². The molecule has 1 aliphatic carbocycles. The Morgan fingerprint density at radius 3 is 2.86 bits per heavy atom. The molecular weight excluding hydrogens is 301 g/mol. The third-order valence-electron chi connectivity index (χ3n) is 3.55. The maximum absolute atomic E-state index is 13.7. The highest BCUT2D eigenvalue weighted by Crippen LogP contribution is 2.26. The minimum absolute atomic E-state index is 0.207. The highest BCUT2D eigenvalue weighted by molar-refractivity contribution is 7.22. The van der Waals surface area contributed by atoms with Crippen molar-refractivity contribution in [3.05, 3.63) is 59.4 Å². The highest BCUT2D eigenvalue weighted by Gasteiger charge is 2.28. The second-order valence-electron chi connectivity index (χ2n) is 4.93. The Labute approximate surface area is 129 Å². The summed E-state index contributed by atoms with van der Waals surface area (Å²) in [5.74, 6) is -0.598. The molecule has 4 nitrogen and oxygen atoms in total. The molecular formula is C16H10FN3OS. The lowest BCUT2D eigenvalue weighted by Gasteiger charge is -1.95. The quantitative estimate of drug-likeness (QED) is 0.735. The van der Waals surface area contributed by atoms with Crippen LogP contribution in [-0.4, -0.2) is 16.5 Å². The van der Waals surface area contributed by atoms with Crippen molar-refractivity contribution in [1.82, 2.24) is 4.98 Å². The number of carbonyl (C=O) groups excluding carboxylic acids is 1. The first kappa shape index (κ1) is 13.1. The van der Waals surface area contributed by atoms with Crippen LogP contribution in [0.1, 0.15) is 15.9 Å². The average Bonchev–Trinajstić information content (AvgIpc) is 3.08. The molecule has 2 aromatic carbocycles. The van der Waals surface area contributed by atoms with E-state index in [2.05, 4.69) is 15.5 Å². The van der Waals surface area contributed by atoms with Gasteiger partial charge in [-0.2, -0.15) is 5.10 Å². The van der Waals surface area contributed by atoms with Gasteiger partial charge in [-0.25, -0.2) is 9.37 Å².